The lowest BCUT2D eigenvalue weighted by Gasteiger charge is -2.11. The molecule has 3 N–H and O–H groups in total. The molecule has 110 valence electrons. The van der Waals surface area contributed by atoms with Crippen LogP contribution in [0.3, 0.4) is 0 Å². The van der Waals surface area contributed by atoms with Crippen molar-refractivity contribution in [2.45, 2.75) is 19.9 Å². The molecule has 20 heavy (non-hydrogen) atoms. The topological polar surface area (TPSA) is 118 Å². The van der Waals surface area contributed by atoms with Crippen LogP contribution in [0.1, 0.15) is 35.4 Å². The van der Waals surface area contributed by atoms with Crippen molar-refractivity contribution in [2.75, 3.05) is 13.2 Å². The first-order valence-electron chi connectivity index (χ1n) is 5.82. The van der Waals surface area contributed by atoms with E-state index in [1.165, 1.54) is 5.38 Å². The Morgan fingerprint density at radius 3 is 2.75 bits per heavy atom. The summed E-state index contributed by atoms with van der Waals surface area (Å²) in [5.74, 6) is -1.65. The summed E-state index contributed by atoms with van der Waals surface area (Å²) in [6, 6.07) is -1.02. The average Bonchev–Trinajstić information content (AvgIpc) is 2.86. The fourth-order valence-electron chi connectivity index (χ4n) is 1.26. The number of carboxylic acids is 1. The molecule has 0 radical (unpaired) electrons. The molecule has 0 aliphatic heterocycles. The molecule has 1 rings (SSSR count). The Bertz CT molecular complexity index is 502. The van der Waals surface area contributed by atoms with Crippen molar-refractivity contribution in [3.8, 4) is 0 Å². The number of thiazole rings is 1. The van der Waals surface area contributed by atoms with Gasteiger partial charge in [0.05, 0.1) is 12.6 Å². The number of aromatic nitrogens is 1. The Morgan fingerprint density at radius 1 is 1.50 bits per heavy atom. The minimum absolute atomic E-state index is 0.0643. The van der Waals surface area contributed by atoms with Crippen LogP contribution in [0.5, 0.6) is 0 Å². The quantitative estimate of drug-likeness (QED) is 0.668. The van der Waals surface area contributed by atoms with Gasteiger partial charge in [-0.2, -0.15) is 0 Å². The zero-order chi connectivity index (χ0) is 15.1. The first-order chi connectivity index (χ1) is 9.43. The number of ether oxygens (including phenoxy) is 1. The van der Waals surface area contributed by atoms with Crippen molar-refractivity contribution in [3.05, 3.63) is 16.1 Å². The molecule has 8 nitrogen and oxygen atoms in total. The molecule has 1 aromatic heterocycles. The lowest BCUT2D eigenvalue weighted by atomic mass is 10.3. The highest BCUT2D eigenvalue weighted by atomic mass is 32.1. The molecule has 2 amide bonds. The predicted octanol–water partition coefficient (Wildman–Crippen LogP) is 0.765. The first kappa shape index (κ1) is 15.9. The zero-order valence-electron chi connectivity index (χ0n) is 11.0. The van der Waals surface area contributed by atoms with Crippen LogP contribution in [0.2, 0.25) is 0 Å². The maximum absolute atomic E-state index is 11.5. The van der Waals surface area contributed by atoms with E-state index in [1.807, 2.05) is 0 Å². The molecule has 0 aromatic carbocycles. The Hall–Kier alpha value is -2.16. The maximum Gasteiger partial charge on any atom is 0.355 e. The maximum atomic E-state index is 11.5. The molecular weight excluding hydrogens is 286 g/mol. The van der Waals surface area contributed by atoms with Crippen molar-refractivity contribution in [3.63, 3.8) is 0 Å². The fraction of sp³-hybridized carbons (Fsp3) is 0.455. The minimum atomic E-state index is -1.12. The molecule has 1 atom stereocenters. The molecule has 0 aliphatic carbocycles. The van der Waals surface area contributed by atoms with Crippen LogP contribution in [0, 0.1) is 0 Å². The van der Waals surface area contributed by atoms with Gasteiger partial charge in [-0.15, -0.1) is 11.3 Å². The number of carboxylic acid groups (broad SMARTS) is 1. The van der Waals surface area contributed by atoms with E-state index in [4.69, 9.17) is 5.11 Å². The van der Waals surface area contributed by atoms with Gasteiger partial charge < -0.3 is 20.5 Å². The highest BCUT2D eigenvalue weighted by Crippen LogP contribution is 2.17. The molecule has 0 saturated heterocycles. The normalized spacial score (nSPS) is 11.5. The standard InChI is InChI=1S/C11H15N3O5S/c1-3-19-8(15)4-12-11(18)13-6(2)9-14-7(5-20-9)10(16)17/h5-6H,3-4H2,1-2H3,(H,16,17)(H2,12,13,18). The summed E-state index contributed by atoms with van der Waals surface area (Å²) in [5.41, 5.74) is -0.0643. The number of carbonyl (C=O) groups is 3. The van der Waals surface area contributed by atoms with Crippen molar-refractivity contribution < 1.29 is 24.2 Å². The summed E-state index contributed by atoms with van der Waals surface area (Å²) < 4.78 is 4.65. The number of nitrogens with zero attached hydrogens (tertiary/aromatic N) is 1. The Morgan fingerprint density at radius 2 is 2.20 bits per heavy atom. The van der Waals surface area contributed by atoms with Gasteiger partial charge in [0, 0.05) is 5.38 Å². The van der Waals surface area contributed by atoms with Crippen molar-refractivity contribution >= 4 is 29.3 Å². The minimum Gasteiger partial charge on any atom is -0.476 e. The molecule has 1 aromatic rings. The molecule has 0 bridgehead atoms. The number of rotatable bonds is 6. The van der Waals surface area contributed by atoms with Crippen molar-refractivity contribution in [1.29, 1.82) is 0 Å². The lowest BCUT2D eigenvalue weighted by molar-refractivity contribution is -0.141. The second kappa shape index (κ2) is 7.43. The van der Waals surface area contributed by atoms with E-state index < -0.39 is 24.0 Å². The summed E-state index contributed by atoms with van der Waals surface area (Å²) in [4.78, 5) is 37.1. The number of aromatic carboxylic acids is 1. The number of hydrogen-bond donors (Lipinski definition) is 3. The van der Waals surface area contributed by atoms with Crippen molar-refractivity contribution in [1.82, 2.24) is 15.6 Å². The van der Waals surface area contributed by atoms with Crippen LogP contribution in [-0.4, -0.2) is 41.2 Å². The van der Waals surface area contributed by atoms with Crippen molar-refractivity contribution in [2.24, 2.45) is 0 Å². The van der Waals surface area contributed by atoms with Crippen LogP contribution < -0.4 is 10.6 Å². The van der Waals surface area contributed by atoms with Gasteiger partial charge in [0.15, 0.2) is 5.69 Å². The highest BCUT2D eigenvalue weighted by Gasteiger charge is 2.16. The van der Waals surface area contributed by atoms with Gasteiger partial charge >= 0.3 is 18.0 Å². The monoisotopic (exact) mass is 301 g/mol. The molecule has 0 saturated carbocycles. The zero-order valence-corrected chi connectivity index (χ0v) is 11.8. The SMILES string of the molecule is CCOC(=O)CNC(=O)NC(C)c1nc(C(=O)O)cs1. The number of nitrogens with one attached hydrogen (secondary N) is 2. The van der Waals surface area contributed by atoms with Gasteiger partial charge in [-0.25, -0.2) is 14.6 Å². The smallest absolute Gasteiger partial charge is 0.355 e. The second-order valence-electron chi connectivity index (χ2n) is 3.73. The summed E-state index contributed by atoms with van der Waals surface area (Å²) in [7, 11) is 0. The van der Waals surface area contributed by atoms with Gasteiger partial charge in [-0.3, -0.25) is 4.79 Å². The van der Waals surface area contributed by atoms with Gasteiger partial charge in [0.25, 0.3) is 0 Å². The second-order valence-corrected chi connectivity index (χ2v) is 4.62. The third kappa shape index (κ3) is 4.84. The number of amides is 2. The van der Waals surface area contributed by atoms with E-state index >= 15 is 0 Å². The molecule has 1 unspecified atom stereocenters. The van der Waals surface area contributed by atoms with Gasteiger partial charge in [-0.1, -0.05) is 0 Å². The number of esters is 1. The summed E-state index contributed by atoms with van der Waals surface area (Å²) in [5, 5.41) is 15.5. The largest absolute Gasteiger partial charge is 0.476 e. The van der Waals surface area contributed by atoms with Gasteiger partial charge in [0.1, 0.15) is 11.6 Å². The van der Waals surface area contributed by atoms with E-state index in [0.29, 0.717) is 5.01 Å². The highest BCUT2D eigenvalue weighted by molar-refractivity contribution is 7.09. The van der Waals surface area contributed by atoms with E-state index in [0.717, 1.165) is 11.3 Å². The summed E-state index contributed by atoms with van der Waals surface area (Å²) >= 11 is 1.13. The van der Waals surface area contributed by atoms with E-state index in [9.17, 15) is 14.4 Å². The molecule has 0 fully saturated rings. The number of urea groups is 1. The van der Waals surface area contributed by atoms with Crippen LogP contribution in [-0.2, 0) is 9.53 Å². The third-order valence-electron chi connectivity index (χ3n) is 2.16. The van der Waals surface area contributed by atoms with Crippen LogP contribution in [0.4, 0.5) is 4.79 Å². The number of hydrogen-bond acceptors (Lipinski definition) is 6. The fourth-order valence-corrected chi connectivity index (χ4v) is 2.06. The van der Waals surface area contributed by atoms with Crippen LogP contribution in [0.25, 0.3) is 0 Å². The van der Waals surface area contributed by atoms with Crippen LogP contribution >= 0.6 is 11.3 Å². The number of carbonyl (C=O) groups excluding carboxylic acids is 2. The Balaban J connectivity index is 2.44. The predicted molar refractivity (Wildman–Crippen MR) is 70.7 cm³/mol. The summed E-state index contributed by atoms with van der Waals surface area (Å²) in [6.45, 7) is 3.34. The van der Waals surface area contributed by atoms with Gasteiger partial charge in [0.2, 0.25) is 0 Å². The Labute approximate surface area is 119 Å². The van der Waals surface area contributed by atoms with E-state index in [1.54, 1.807) is 13.8 Å². The van der Waals surface area contributed by atoms with Crippen LogP contribution in [0.15, 0.2) is 5.38 Å². The molecule has 9 heteroatoms. The first-order valence-corrected chi connectivity index (χ1v) is 6.70. The van der Waals surface area contributed by atoms with E-state index in [2.05, 4.69) is 20.4 Å². The molecule has 0 aliphatic rings. The third-order valence-corrected chi connectivity index (χ3v) is 3.19. The molecule has 0 spiro atoms. The summed E-state index contributed by atoms with van der Waals surface area (Å²) in [6.07, 6.45) is 0. The Kier molecular flexibility index (Phi) is 5.91. The van der Waals surface area contributed by atoms with E-state index in [-0.39, 0.29) is 18.8 Å². The average molecular weight is 301 g/mol. The molecular formula is C11H15N3O5S. The lowest BCUT2D eigenvalue weighted by Crippen LogP contribution is -2.40. The molecule has 1 heterocycles. The van der Waals surface area contributed by atoms with Gasteiger partial charge in [-0.05, 0) is 13.8 Å².